The monoisotopic (exact) mass is 232 g/mol. The van der Waals surface area contributed by atoms with Gasteiger partial charge in [0.25, 0.3) is 0 Å². The van der Waals surface area contributed by atoms with Crippen molar-refractivity contribution in [2.75, 3.05) is 6.61 Å². The van der Waals surface area contributed by atoms with Crippen molar-refractivity contribution in [2.24, 2.45) is 0 Å². The average molecular weight is 232 g/mol. The highest BCUT2D eigenvalue weighted by Crippen LogP contribution is 2.15. The zero-order valence-electron chi connectivity index (χ0n) is 9.25. The highest BCUT2D eigenvalue weighted by molar-refractivity contribution is 6.84. The van der Waals surface area contributed by atoms with Gasteiger partial charge in [-0.25, -0.2) is 0 Å². The molecule has 0 amide bonds. The molecule has 14 heavy (non-hydrogen) atoms. The summed E-state index contributed by atoms with van der Waals surface area (Å²) in [7, 11) is -5.15. The van der Waals surface area contributed by atoms with Crippen LogP contribution in [-0.4, -0.2) is 28.5 Å². The molecule has 0 aromatic carbocycles. The van der Waals surface area contributed by atoms with Crippen LogP contribution in [0.1, 0.15) is 13.3 Å². The molecule has 0 fully saturated rings. The van der Waals surface area contributed by atoms with Crippen molar-refractivity contribution in [3.8, 4) is 0 Å². The highest BCUT2D eigenvalue weighted by atomic mass is 28.5. The Morgan fingerprint density at radius 3 is 2.21 bits per heavy atom. The summed E-state index contributed by atoms with van der Waals surface area (Å²) in [5.41, 5.74) is 3.17. The fourth-order valence-electron chi connectivity index (χ4n) is 0.887. The van der Waals surface area contributed by atoms with Crippen LogP contribution in [0.3, 0.4) is 0 Å². The molecule has 5 heteroatoms. The third-order valence-corrected chi connectivity index (χ3v) is 7.30. The second-order valence-electron chi connectivity index (χ2n) is 3.43. The van der Waals surface area contributed by atoms with Gasteiger partial charge in [-0.2, -0.15) is 0 Å². The summed E-state index contributed by atoms with van der Waals surface area (Å²) in [5.74, 6) is 0. The van der Waals surface area contributed by atoms with E-state index in [0.29, 0.717) is 6.61 Å². The summed E-state index contributed by atoms with van der Waals surface area (Å²) >= 11 is 0. The Kier molecular flexibility index (Phi) is 5.54. The molecule has 0 saturated carbocycles. The van der Waals surface area contributed by atoms with Gasteiger partial charge in [-0.05, 0) is 19.5 Å². The van der Waals surface area contributed by atoms with E-state index in [-0.39, 0.29) is 0 Å². The van der Waals surface area contributed by atoms with Crippen molar-refractivity contribution in [1.82, 2.24) is 0 Å². The minimum atomic E-state index is -2.75. The predicted octanol–water partition coefficient (Wildman–Crippen LogP) is 2.02. The van der Waals surface area contributed by atoms with Crippen molar-refractivity contribution in [3.63, 3.8) is 0 Å². The molecular weight excluding hydrogens is 212 g/mol. The smallest absolute Gasteiger partial charge is 0.352 e. The molecule has 2 atom stereocenters. The molecule has 2 unspecified atom stereocenters. The summed E-state index contributed by atoms with van der Waals surface area (Å²) in [5, 5.41) is 0. The summed E-state index contributed by atoms with van der Waals surface area (Å²) in [4.78, 5) is 9.79. The molecule has 0 bridgehead atoms. The van der Waals surface area contributed by atoms with Crippen LogP contribution in [0.25, 0.3) is 0 Å². The molecule has 1 N–H and O–H groups in total. The Bertz CT molecular complexity index is 206. The minimum absolute atomic E-state index is 0.635. The summed E-state index contributed by atoms with van der Waals surface area (Å²) in [6.45, 7) is 13.5. The molecule has 3 nitrogen and oxygen atoms in total. The van der Waals surface area contributed by atoms with Gasteiger partial charge < -0.3 is 13.3 Å². The molecule has 0 spiro atoms. The maximum absolute atomic E-state index is 9.79. The SMILES string of the molecule is C=C[Si](C)(O)O[Si](C)(C=C)OCCC. The van der Waals surface area contributed by atoms with Crippen molar-refractivity contribution in [2.45, 2.75) is 26.4 Å². The van der Waals surface area contributed by atoms with E-state index in [1.54, 1.807) is 12.2 Å². The van der Waals surface area contributed by atoms with Gasteiger partial charge in [-0.1, -0.05) is 18.3 Å². The molecule has 0 aliphatic carbocycles. The molecule has 82 valence electrons. The average Bonchev–Trinajstić information content (AvgIpc) is 2.14. The summed E-state index contributed by atoms with van der Waals surface area (Å²) < 4.78 is 11.2. The molecular formula is C9H20O3Si2. The van der Waals surface area contributed by atoms with Crippen molar-refractivity contribution in [1.29, 1.82) is 0 Å². The van der Waals surface area contributed by atoms with Gasteiger partial charge in [0.1, 0.15) is 0 Å². The van der Waals surface area contributed by atoms with Crippen LogP contribution >= 0.6 is 0 Å². The molecule has 0 aromatic rings. The maximum atomic E-state index is 9.79. The van der Waals surface area contributed by atoms with E-state index in [4.69, 9.17) is 8.54 Å². The number of hydrogen-bond acceptors (Lipinski definition) is 3. The molecule has 0 radical (unpaired) electrons. The second kappa shape index (κ2) is 5.62. The van der Waals surface area contributed by atoms with Gasteiger partial charge in [0.15, 0.2) is 0 Å². The van der Waals surface area contributed by atoms with Gasteiger partial charge in [-0.15, -0.1) is 13.2 Å². The van der Waals surface area contributed by atoms with E-state index in [0.717, 1.165) is 6.42 Å². The van der Waals surface area contributed by atoms with Crippen LogP contribution < -0.4 is 0 Å². The van der Waals surface area contributed by atoms with Crippen molar-refractivity contribution < 1.29 is 13.3 Å². The number of hydrogen-bond donors (Lipinski definition) is 1. The van der Waals surface area contributed by atoms with Gasteiger partial charge in [0.2, 0.25) is 0 Å². The quantitative estimate of drug-likeness (QED) is 0.683. The predicted molar refractivity (Wildman–Crippen MR) is 63.2 cm³/mol. The molecule has 0 aliphatic heterocycles. The van der Waals surface area contributed by atoms with Crippen molar-refractivity contribution in [3.05, 3.63) is 24.6 Å². The molecule has 0 heterocycles. The Labute approximate surface area is 88.6 Å². The fraction of sp³-hybridized carbons (Fsp3) is 0.556. The van der Waals surface area contributed by atoms with E-state index >= 15 is 0 Å². The van der Waals surface area contributed by atoms with Gasteiger partial charge >= 0.3 is 17.1 Å². The summed E-state index contributed by atoms with van der Waals surface area (Å²) in [6.07, 6.45) is 0.928. The molecule has 0 rings (SSSR count). The second-order valence-corrected chi connectivity index (χ2v) is 9.49. The molecule has 0 aliphatic rings. The first-order valence-electron chi connectivity index (χ1n) is 4.73. The number of rotatable bonds is 7. The highest BCUT2D eigenvalue weighted by Gasteiger charge is 2.37. The van der Waals surface area contributed by atoms with Gasteiger partial charge in [-0.3, -0.25) is 0 Å². The zero-order chi connectivity index (χ0) is 11.2. The normalized spacial score (nSPS) is 19.4. The van der Waals surface area contributed by atoms with E-state index in [2.05, 4.69) is 13.2 Å². The fourth-order valence-corrected chi connectivity index (χ4v) is 5.80. The Morgan fingerprint density at radius 1 is 1.29 bits per heavy atom. The van der Waals surface area contributed by atoms with Crippen molar-refractivity contribution >= 4 is 17.1 Å². The largest absolute Gasteiger partial charge is 0.409 e. The first-order chi connectivity index (χ1) is 6.39. The van der Waals surface area contributed by atoms with Crippen LogP contribution in [0.5, 0.6) is 0 Å². The van der Waals surface area contributed by atoms with Gasteiger partial charge in [0.05, 0.1) is 0 Å². The Morgan fingerprint density at radius 2 is 1.86 bits per heavy atom. The Hall–Kier alpha value is -0.206. The standard InChI is InChI=1S/C9H20O3Si2/c1-6-9-11-14(5,8-3)12-13(4,10)7-2/h7-8,10H,2-3,6,9H2,1,4-5H3. The zero-order valence-corrected chi connectivity index (χ0v) is 11.2. The summed E-state index contributed by atoms with van der Waals surface area (Å²) in [6, 6.07) is 0. The first-order valence-corrected chi connectivity index (χ1v) is 9.55. The molecule has 0 saturated heterocycles. The lowest BCUT2D eigenvalue weighted by molar-refractivity contribution is 0.235. The van der Waals surface area contributed by atoms with E-state index < -0.39 is 17.1 Å². The van der Waals surface area contributed by atoms with Gasteiger partial charge in [0, 0.05) is 6.61 Å². The lowest BCUT2D eigenvalue weighted by atomic mass is 10.5. The van der Waals surface area contributed by atoms with Crippen LogP contribution in [0.2, 0.25) is 13.1 Å². The van der Waals surface area contributed by atoms with Crippen LogP contribution in [0.15, 0.2) is 24.6 Å². The Balaban J connectivity index is 4.38. The minimum Gasteiger partial charge on any atom is -0.409 e. The van der Waals surface area contributed by atoms with E-state index in [1.807, 2.05) is 13.5 Å². The van der Waals surface area contributed by atoms with Crippen LogP contribution in [-0.2, 0) is 8.54 Å². The van der Waals surface area contributed by atoms with Crippen LogP contribution in [0, 0.1) is 0 Å². The van der Waals surface area contributed by atoms with E-state index in [1.165, 1.54) is 5.70 Å². The third-order valence-electron chi connectivity index (χ3n) is 1.75. The maximum Gasteiger partial charge on any atom is 0.352 e. The third kappa shape index (κ3) is 4.87. The first kappa shape index (κ1) is 13.8. The lowest BCUT2D eigenvalue weighted by Crippen LogP contribution is -2.48. The topological polar surface area (TPSA) is 38.7 Å². The lowest BCUT2D eigenvalue weighted by Gasteiger charge is -2.29. The molecule has 0 aromatic heterocycles. The van der Waals surface area contributed by atoms with Crippen LogP contribution in [0.4, 0.5) is 0 Å². The van der Waals surface area contributed by atoms with E-state index in [9.17, 15) is 4.80 Å².